The fraction of sp³-hybridized carbons (Fsp3) is 0.219. The molecule has 4 aromatic rings. The number of benzene rings is 3. The molecule has 0 saturated carbocycles. The lowest BCUT2D eigenvalue weighted by Gasteiger charge is -2.27. The van der Waals surface area contributed by atoms with Crippen LogP contribution in [0.5, 0.6) is 11.5 Å². The maximum atomic E-state index is 14.1. The molecule has 0 saturated heterocycles. The molecule has 0 fully saturated rings. The van der Waals surface area contributed by atoms with E-state index >= 15 is 0 Å². The van der Waals surface area contributed by atoms with Gasteiger partial charge < -0.3 is 19.5 Å². The summed E-state index contributed by atoms with van der Waals surface area (Å²) in [6.45, 7) is 5.79. The number of hydrogen-bond acceptors (Lipinski definition) is 7. The fourth-order valence-corrected chi connectivity index (χ4v) is 5.85. The van der Waals surface area contributed by atoms with E-state index in [2.05, 4.69) is 4.98 Å². The van der Waals surface area contributed by atoms with Crippen LogP contribution in [0.25, 0.3) is 10.6 Å². The van der Waals surface area contributed by atoms with Gasteiger partial charge in [0.15, 0.2) is 5.76 Å². The van der Waals surface area contributed by atoms with Crippen LogP contribution in [-0.4, -0.2) is 39.9 Å². The molecule has 0 spiro atoms. The van der Waals surface area contributed by atoms with Crippen molar-refractivity contribution in [3.8, 4) is 22.1 Å². The molecule has 5 rings (SSSR count). The lowest BCUT2D eigenvalue weighted by atomic mass is 9.94. The number of carbonyl (C=O) groups excluding carboxylic acids is 2. The van der Waals surface area contributed by atoms with Gasteiger partial charge in [-0.25, -0.2) is 4.98 Å². The third-order valence-electron chi connectivity index (χ3n) is 6.60. The van der Waals surface area contributed by atoms with Crippen molar-refractivity contribution in [2.24, 2.45) is 0 Å². The Morgan fingerprint density at radius 3 is 2.48 bits per heavy atom. The van der Waals surface area contributed by atoms with E-state index < -0.39 is 23.5 Å². The third kappa shape index (κ3) is 5.35. The number of hydrogen-bond donors (Lipinski definition) is 1. The first-order chi connectivity index (χ1) is 19.3. The Hall–Kier alpha value is -4.43. The molecule has 8 heteroatoms. The van der Waals surface area contributed by atoms with Gasteiger partial charge in [-0.2, -0.15) is 0 Å². The quantitative estimate of drug-likeness (QED) is 0.232. The second-order valence-electron chi connectivity index (χ2n) is 9.82. The third-order valence-corrected chi connectivity index (χ3v) is 7.81. The molecule has 1 aromatic heterocycles. The lowest BCUT2D eigenvalue weighted by Crippen LogP contribution is -2.30. The summed E-state index contributed by atoms with van der Waals surface area (Å²) < 4.78 is 11.3. The van der Waals surface area contributed by atoms with E-state index in [1.54, 1.807) is 14.0 Å². The molecule has 2 heterocycles. The van der Waals surface area contributed by atoms with E-state index in [4.69, 9.17) is 9.47 Å². The Kier molecular flexibility index (Phi) is 7.71. The van der Waals surface area contributed by atoms with Crippen molar-refractivity contribution in [1.82, 2.24) is 9.88 Å². The van der Waals surface area contributed by atoms with Crippen LogP contribution in [0.4, 0.5) is 0 Å². The molecule has 1 amide bonds. The second kappa shape index (κ2) is 11.4. The van der Waals surface area contributed by atoms with Crippen LogP contribution in [0.3, 0.4) is 0 Å². The van der Waals surface area contributed by atoms with Crippen molar-refractivity contribution in [2.75, 3.05) is 7.11 Å². The number of aliphatic hydroxyl groups is 1. The Balaban J connectivity index is 1.59. The molecule has 1 aliphatic rings. The number of rotatable bonds is 9. The van der Waals surface area contributed by atoms with Crippen molar-refractivity contribution in [3.63, 3.8) is 0 Å². The molecule has 1 aliphatic heterocycles. The average molecular weight is 555 g/mol. The van der Waals surface area contributed by atoms with Crippen molar-refractivity contribution in [3.05, 3.63) is 112 Å². The lowest BCUT2D eigenvalue weighted by molar-refractivity contribution is -0.130. The van der Waals surface area contributed by atoms with Crippen molar-refractivity contribution in [2.45, 2.75) is 39.5 Å². The summed E-state index contributed by atoms with van der Waals surface area (Å²) in [4.78, 5) is 34.2. The number of thiazole rings is 1. The van der Waals surface area contributed by atoms with Crippen molar-refractivity contribution >= 4 is 23.0 Å². The van der Waals surface area contributed by atoms with Gasteiger partial charge in [-0.1, -0.05) is 54.6 Å². The van der Waals surface area contributed by atoms with Gasteiger partial charge in [0.25, 0.3) is 5.91 Å². The van der Waals surface area contributed by atoms with Gasteiger partial charge in [0.1, 0.15) is 16.5 Å². The number of carbonyl (C=O) groups is 2. The topological polar surface area (TPSA) is 89.0 Å². The molecule has 3 aromatic carbocycles. The zero-order chi connectivity index (χ0) is 28.4. The maximum absolute atomic E-state index is 14.1. The minimum absolute atomic E-state index is 0.0287. The minimum atomic E-state index is -0.830. The van der Waals surface area contributed by atoms with Crippen molar-refractivity contribution < 1.29 is 24.2 Å². The Labute approximate surface area is 237 Å². The standard InChI is InChI=1S/C32H30N2O5S/c1-19(2)39-25-15-9-13-23(17-25)27-26(28(35)30-20(3)33-31(40-30)22-11-6-5-7-12-22)29(36)32(37)34(27)18-21-10-8-14-24(16-21)38-4/h5-17,19,27,36H,18H2,1-4H3. The normalized spacial score (nSPS) is 15.2. The molecule has 0 radical (unpaired) electrons. The number of Topliss-reactive ketones (excluding diaryl/α,β-unsaturated/α-hetero) is 1. The van der Waals surface area contributed by atoms with Crippen LogP contribution < -0.4 is 9.47 Å². The van der Waals surface area contributed by atoms with Gasteiger partial charge in [0, 0.05) is 12.1 Å². The molecule has 0 bridgehead atoms. The summed E-state index contributed by atoms with van der Waals surface area (Å²) in [6, 6.07) is 23.5. The molecule has 40 heavy (non-hydrogen) atoms. The van der Waals surface area contributed by atoms with E-state index in [0.29, 0.717) is 32.6 Å². The Bertz CT molecular complexity index is 1590. The monoisotopic (exact) mass is 554 g/mol. The first kappa shape index (κ1) is 27.1. The zero-order valence-corrected chi connectivity index (χ0v) is 23.6. The molecule has 0 aliphatic carbocycles. The molecule has 1 atom stereocenters. The Morgan fingerprint density at radius 2 is 1.75 bits per heavy atom. The predicted molar refractivity (Wildman–Crippen MR) is 155 cm³/mol. The van der Waals surface area contributed by atoms with E-state index in [0.717, 1.165) is 11.1 Å². The summed E-state index contributed by atoms with van der Waals surface area (Å²) in [5, 5.41) is 11.9. The summed E-state index contributed by atoms with van der Waals surface area (Å²) in [5.74, 6) is -0.328. The number of aliphatic hydroxyl groups excluding tert-OH is 1. The number of amides is 1. The van der Waals surface area contributed by atoms with E-state index in [9.17, 15) is 14.7 Å². The zero-order valence-electron chi connectivity index (χ0n) is 22.8. The van der Waals surface area contributed by atoms with Crippen LogP contribution in [0, 0.1) is 6.92 Å². The summed E-state index contributed by atoms with van der Waals surface area (Å²) in [7, 11) is 1.58. The summed E-state index contributed by atoms with van der Waals surface area (Å²) in [6.07, 6.45) is -0.0605. The van der Waals surface area contributed by atoms with E-state index in [-0.39, 0.29) is 18.2 Å². The number of ketones is 1. The molecule has 204 valence electrons. The number of nitrogens with zero attached hydrogens (tertiary/aromatic N) is 2. The van der Waals surface area contributed by atoms with Crippen molar-refractivity contribution in [1.29, 1.82) is 0 Å². The van der Waals surface area contributed by atoms with Gasteiger partial charge in [0.05, 0.1) is 35.4 Å². The number of ether oxygens (including phenoxy) is 2. The number of aromatic nitrogens is 1. The van der Waals surface area contributed by atoms with Crippen LogP contribution in [0.2, 0.25) is 0 Å². The molecule has 1 N–H and O–H groups in total. The molecular formula is C32H30N2O5S. The van der Waals surface area contributed by atoms with E-state index in [1.165, 1.54) is 16.2 Å². The fourth-order valence-electron chi connectivity index (χ4n) is 4.83. The second-order valence-corrected chi connectivity index (χ2v) is 10.8. The average Bonchev–Trinajstić information content (AvgIpc) is 3.46. The highest BCUT2D eigenvalue weighted by molar-refractivity contribution is 7.17. The van der Waals surface area contributed by atoms with Gasteiger partial charge in [0.2, 0.25) is 5.78 Å². The van der Waals surface area contributed by atoms with E-state index in [1.807, 2.05) is 92.7 Å². The first-order valence-corrected chi connectivity index (χ1v) is 13.8. The molecule has 7 nitrogen and oxygen atoms in total. The smallest absolute Gasteiger partial charge is 0.290 e. The van der Waals surface area contributed by atoms with Gasteiger partial charge >= 0.3 is 0 Å². The predicted octanol–water partition coefficient (Wildman–Crippen LogP) is 6.69. The highest BCUT2D eigenvalue weighted by atomic mass is 32.1. The minimum Gasteiger partial charge on any atom is -0.503 e. The number of aryl methyl sites for hydroxylation is 1. The largest absolute Gasteiger partial charge is 0.503 e. The summed E-state index contributed by atoms with van der Waals surface area (Å²) >= 11 is 1.25. The van der Waals surface area contributed by atoms with Crippen LogP contribution in [-0.2, 0) is 11.3 Å². The van der Waals surface area contributed by atoms with Gasteiger partial charge in [-0.05, 0) is 56.2 Å². The number of methoxy groups -OCH3 is 1. The van der Waals surface area contributed by atoms with Gasteiger partial charge in [-0.15, -0.1) is 11.3 Å². The first-order valence-electron chi connectivity index (χ1n) is 13.0. The SMILES string of the molecule is COc1cccc(CN2C(=O)C(O)=C(C(=O)c3sc(-c4ccccc4)nc3C)C2c2cccc(OC(C)C)c2)c1. The summed E-state index contributed by atoms with van der Waals surface area (Å²) in [5.41, 5.74) is 2.93. The van der Waals surface area contributed by atoms with Crippen LogP contribution >= 0.6 is 11.3 Å². The highest BCUT2D eigenvalue weighted by Crippen LogP contribution is 2.42. The van der Waals surface area contributed by atoms with Crippen LogP contribution in [0.15, 0.2) is 90.2 Å². The molecular weight excluding hydrogens is 524 g/mol. The Morgan fingerprint density at radius 1 is 1.02 bits per heavy atom. The van der Waals surface area contributed by atoms with Crippen LogP contribution in [0.1, 0.15) is 46.4 Å². The highest BCUT2D eigenvalue weighted by Gasteiger charge is 2.44. The molecule has 1 unspecified atom stereocenters. The maximum Gasteiger partial charge on any atom is 0.290 e. The van der Waals surface area contributed by atoms with Gasteiger partial charge in [-0.3, -0.25) is 9.59 Å².